The first-order valence-corrected chi connectivity index (χ1v) is 10.9. The number of benzene rings is 1. The van der Waals surface area contributed by atoms with Crippen molar-refractivity contribution in [1.82, 2.24) is 4.57 Å². The van der Waals surface area contributed by atoms with E-state index in [0.717, 1.165) is 31.8 Å². The predicted octanol–water partition coefficient (Wildman–Crippen LogP) is 4.71. The molecule has 2 heterocycles. The SMILES string of the molecule is CCOC(=O)c1c(NC(C)=O)c2c(C)c(C)sc2n1CC(=O)Nc1cc(C)cc(C)c1. The van der Waals surface area contributed by atoms with Crippen LogP contribution in [0, 0.1) is 27.7 Å². The number of aromatic nitrogens is 1. The Morgan fingerprint density at radius 3 is 2.26 bits per heavy atom. The molecular formula is C23H27N3O4S. The molecular weight excluding hydrogens is 414 g/mol. The van der Waals surface area contributed by atoms with E-state index in [1.54, 1.807) is 11.5 Å². The lowest BCUT2D eigenvalue weighted by Gasteiger charge is -2.12. The number of esters is 1. The number of rotatable bonds is 6. The number of nitrogens with zero attached hydrogens (tertiary/aromatic N) is 1. The maximum atomic E-state index is 12.9. The molecule has 2 amide bonds. The summed E-state index contributed by atoms with van der Waals surface area (Å²) >= 11 is 1.48. The van der Waals surface area contributed by atoms with E-state index in [1.165, 1.54) is 18.3 Å². The molecule has 0 radical (unpaired) electrons. The van der Waals surface area contributed by atoms with Crippen molar-refractivity contribution >= 4 is 50.7 Å². The maximum absolute atomic E-state index is 12.9. The molecule has 2 N–H and O–H groups in total. The zero-order valence-electron chi connectivity index (χ0n) is 18.6. The van der Waals surface area contributed by atoms with E-state index in [1.807, 2.05) is 45.9 Å². The van der Waals surface area contributed by atoms with Crippen LogP contribution in [0.4, 0.5) is 11.4 Å². The van der Waals surface area contributed by atoms with Gasteiger partial charge in [0.25, 0.3) is 0 Å². The van der Waals surface area contributed by atoms with Gasteiger partial charge in [-0.05, 0) is 63.4 Å². The molecule has 3 rings (SSSR count). The first kappa shape index (κ1) is 22.6. The summed E-state index contributed by atoms with van der Waals surface area (Å²) in [5, 5.41) is 6.46. The Bertz CT molecular complexity index is 1170. The van der Waals surface area contributed by atoms with E-state index in [4.69, 9.17) is 4.74 Å². The van der Waals surface area contributed by atoms with Crippen LogP contribution in [-0.2, 0) is 20.9 Å². The highest BCUT2D eigenvalue weighted by Gasteiger charge is 2.29. The summed E-state index contributed by atoms with van der Waals surface area (Å²) in [4.78, 5) is 39.5. The molecule has 0 bridgehead atoms. The van der Waals surface area contributed by atoms with Crippen molar-refractivity contribution in [1.29, 1.82) is 0 Å². The minimum absolute atomic E-state index is 0.0867. The quantitative estimate of drug-likeness (QED) is 0.542. The molecule has 0 spiro atoms. The number of carbonyl (C=O) groups is 3. The second-order valence-electron chi connectivity index (χ2n) is 7.60. The Hall–Kier alpha value is -3.13. The standard InChI is InChI=1S/C23H27N3O4S/c1-7-30-23(29)21-20(24-16(6)27)19-14(4)15(5)31-22(19)26(21)11-18(28)25-17-9-12(2)8-13(3)10-17/h8-10H,7,11H2,1-6H3,(H,24,27)(H,25,28). The van der Waals surface area contributed by atoms with Crippen LogP contribution in [0.2, 0.25) is 0 Å². The van der Waals surface area contributed by atoms with Crippen molar-refractivity contribution in [3.05, 3.63) is 45.5 Å². The lowest BCUT2D eigenvalue weighted by Crippen LogP contribution is -2.23. The van der Waals surface area contributed by atoms with E-state index in [0.29, 0.717) is 11.4 Å². The van der Waals surface area contributed by atoms with Crippen LogP contribution >= 0.6 is 11.3 Å². The Balaban J connectivity index is 2.09. The monoisotopic (exact) mass is 441 g/mol. The smallest absolute Gasteiger partial charge is 0.357 e. The normalized spacial score (nSPS) is 10.9. The van der Waals surface area contributed by atoms with Gasteiger partial charge in [0.1, 0.15) is 11.4 Å². The Morgan fingerprint density at radius 2 is 1.68 bits per heavy atom. The summed E-state index contributed by atoms with van der Waals surface area (Å²) < 4.78 is 6.89. The van der Waals surface area contributed by atoms with Crippen LogP contribution in [0.3, 0.4) is 0 Å². The Kier molecular flexibility index (Phi) is 6.50. The number of hydrogen-bond donors (Lipinski definition) is 2. The molecule has 1 aromatic carbocycles. The summed E-state index contributed by atoms with van der Waals surface area (Å²) in [6.07, 6.45) is 0. The van der Waals surface area contributed by atoms with Crippen LogP contribution < -0.4 is 10.6 Å². The van der Waals surface area contributed by atoms with Crippen LogP contribution in [0.25, 0.3) is 10.2 Å². The highest BCUT2D eigenvalue weighted by molar-refractivity contribution is 7.19. The van der Waals surface area contributed by atoms with Gasteiger partial charge in [-0.3, -0.25) is 9.59 Å². The number of fused-ring (bicyclic) bond motifs is 1. The molecule has 2 aromatic heterocycles. The van der Waals surface area contributed by atoms with Crippen molar-refractivity contribution in [2.75, 3.05) is 17.2 Å². The second kappa shape index (κ2) is 8.93. The van der Waals surface area contributed by atoms with Gasteiger partial charge < -0.3 is 19.9 Å². The molecule has 7 nitrogen and oxygen atoms in total. The molecule has 31 heavy (non-hydrogen) atoms. The minimum Gasteiger partial charge on any atom is -0.461 e. The maximum Gasteiger partial charge on any atom is 0.357 e. The van der Waals surface area contributed by atoms with Crippen molar-refractivity contribution in [3.8, 4) is 0 Å². The van der Waals surface area contributed by atoms with Crippen LogP contribution in [0.5, 0.6) is 0 Å². The van der Waals surface area contributed by atoms with Crippen LogP contribution in [0.1, 0.15) is 45.9 Å². The van der Waals surface area contributed by atoms with E-state index < -0.39 is 5.97 Å². The number of hydrogen-bond acceptors (Lipinski definition) is 5. The molecule has 0 aliphatic heterocycles. The molecule has 0 saturated carbocycles. The fraction of sp³-hybridized carbons (Fsp3) is 0.348. The van der Waals surface area contributed by atoms with E-state index in [-0.39, 0.29) is 30.7 Å². The van der Waals surface area contributed by atoms with Crippen molar-refractivity contribution in [3.63, 3.8) is 0 Å². The molecule has 164 valence electrons. The third kappa shape index (κ3) is 4.64. The molecule has 0 aliphatic carbocycles. The van der Waals surface area contributed by atoms with Gasteiger partial charge in [0, 0.05) is 22.9 Å². The van der Waals surface area contributed by atoms with Gasteiger partial charge in [-0.15, -0.1) is 11.3 Å². The first-order valence-electron chi connectivity index (χ1n) is 10.1. The van der Waals surface area contributed by atoms with Crippen molar-refractivity contribution in [2.24, 2.45) is 0 Å². The number of ether oxygens (including phenoxy) is 1. The zero-order chi connectivity index (χ0) is 22.9. The average Bonchev–Trinajstić information content (AvgIpc) is 3.08. The molecule has 8 heteroatoms. The Morgan fingerprint density at radius 1 is 1.03 bits per heavy atom. The molecule has 0 fully saturated rings. The summed E-state index contributed by atoms with van der Waals surface area (Å²) in [6.45, 7) is 11.0. The third-order valence-electron chi connectivity index (χ3n) is 4.95. The highest BCUT2D eigenvalue weighted by Crippen LogP contribution is 2.40. The van der Waals surface area contributed by atoms with E-state index >= 15 is 0 Å². The number of nitrogens with one attached hydrogen (secondary N) is 2. The van der Waals surface area contributed by atoms with E-state index in [2.05, 4.69) is 10.6 Å². The molecule has 0 saturated heterocycles. The van der Waals surface area contributed by atoms with Crippen LogP contribution in [-0.4, -0.2) is 29.0 Å². The number of carbonyl (C=O) groups excluding carboxylic acids is 3. The zero-order valence-corrected chi connectivity index (χ0v) is 19.5. The minimum atomic E-state index is -0.578. The first-order chi connectivity index (χ1) is 14.6. The lowest BCUT2D eigenvalue weighted by atomic mass is 10.1. The third-order valence-corrected chi connectivity index (χ3v) is 6.18. The number of anilines is 2. The Labute approximate surface area is 185 Å². The van der Waals surface area contributed by atoms with Gasteiger partial charge in [0.2, 0.25) is 11.8 Å². The lowest BCUT2D eigenvalue weighted by molar-refractivity contribution is -0.116. The summed E-state index contributed by atoms with van der Waals surface area (Å²) in [7, 11) is 0. The predicted molar refractivity (Wildman–Crippen MR) is 124 cm³/mol. The largest absolute Gasteiger partial charge is 0.461 e. The van der Waals surface area contributed by atoms with Crippen LogP contribution in [0.15, 0.2) is 18.2 Å². The number of aryl methyl sites for hydroxylation is 4. The highest BCUT2D eigenvalue weighted by atomic mass is 32.1. The van der Waals surface area contributed by atoms with Crippen molar-refractivity contribution < 1.29 is 19.1 Å². The molecule has 0 atom stereocenters. The molecule has 0 aliphatic rings. The van der Waals surface area contributed by atoms with Gasteiger partial charge in [0.15, 0.2) is 5.69 Å². The van der Waals surface area contributed by atoms with Gasteiger partial charge in [-0.2, -0.15) is 0 Å². The molecule has 0 unspecified atom stereocenters. The van der Waals surface area contributed by atoms with Gasteiger partial charge in [-0.25, -0.2) is 4.79 Å². The summed E-state index contributed by atoms with van der Waals surface area (Å²) in [5.41, 5.74) is 4.32. The second-order valence-corrected chi connectivity index (χ2v) is 8.80. The fourth-order valence-electron chi connectivity index (χ4n) is 3.70. The van der Waals surface area contributed by atoms with Gasteiger partial charge in [-0.1, -0.05) is 6.07 Å². The number of thiophene rings is 1. The fourth-order valence-corrected chi connectivity index (χ4v) is 4.87. The average molecular weight is 442 g/mol. The topological polar surface area (TPSA) is 89.4 Å². The summed E-state index contributed by atoms with van der Waals surface area (Å²) in [5.74, 6) is -1.15. The van der Waals surface area contributed by atoms with Crippen molar-refractivity contribution in [2.45, 2.75) is 48.1 Å². The van der Waals surface area contributed by atoms with Gasteiger partial charge in [0.05, 0.1) is 12.3 Å². The molecule has 3 aromatic rings. The number of amides is 2. The summed E-state index contributed by atoms with van der Waals surface area (Å²) in [6, 6.07) is 5.82. The van der Waals surface area contributed by atoms with E-state index in [9.17, 15) is 14.4 Å². The van der Waals surface area contributed by atoms with Gasteiger partial charge >= 0.3 is 5.97 Å².